The standard InChI is InChI=1S/C14H18ClN3/c1-3-11(2)18-8-7-14(17-18)10-16-13-6-4-5-12(15)9-13/h4-9,11,16H,3,10H2,1-2H3. The third-order valence-electron chi connectivity index (χ3n) is 3.00. The van der Waals surface area contributed by atoms with Gasteiger partial charge in [0.1, 0.15) is 0 Å². The number of anilines is 1. The lowest BCUT2D eigenvalue weighted by molar-refractivity contribution is 0.474. The minimum Gasteiger partial charge on any atom is -0.379 e. The lowest BCUT2D eigenvalue weighted by atomic mass is 10.3. The Hall–Kier alpha value is -1.48. The van der Waals surface area contributed by atoms with E-state index in [4.69, 9.17) is 11.6 Å². The highest BCUT2D eigenvalue weighted by atomic mass is 35.5. The number of hydrogen-bond acceptors (Lipinski definition) is 2. The highest BCUT2D eigenvalue weighted by Crippen LogP contribution is 2.16. The Balaban J connectivity index is 1.96. The fourth-order valence-corrected chi connectivity index (χ4v) is 1.89. The maximum Gasteiger partial charge on any atom is 0.0815 e. The molecular formula is C14H18ClN3. The van der Waals surface area contributed by atoms with Gasteiger partial charge in [0, 0.05) is 22.9 Å². The molecule has 4 heteroatoms. The van der Waals surface area contributed by atoms with E-state index >= 15 is 0 Å². The molecule has 0 saturated heterocycles. The van der Waals surface area contributed by atoms with Crippen molar-refractivity contribution in [3.63, 3.8) is 0 Å². The van der Waals surface area contributed by atoms with Crippen LogP contribution in [-0.2, 0) is 6.54 Å². The minimum atomic E-state index is 0.449. The van der Waals surface area contributed by atoms with Gasteiger partial charge in [-0.3, -0.25) is 4.68 Å². The molecule has 18 heavy (non-hydrogen) atoms. The summed E-state index contributed by atoms with van der Waals surface area (Å²) >= 11 is 5.93. The van der Waals surface area contributed by atoms with Gasteiger partial charge in [-0.15, -0.1) is 0 Å². The molecule has 1 heterocycles. The summed E-state index contributed by atoms with van der Waals surface area (Å²) in [5.41, 5.74) is 2.05. The maximum atomic E-state index is 5.93. The third-order valence-corrected chi connectivity index (χ3v) is 3.24. The number of rotatable bonds is 5. The van der Waals surface area contributed by atoms with Crippen LogP contribution in [0.5, 0.6) is 0 Å². The van der Waals surface area contributed by atoms with E-state index in [1.807, 2.05) is 41.2 Å². The molecule has 1 N–H and O–H groups in total. The van der Waals surface area contributed by atoms with Crippen LogP contribution in [0.2, 0.25) is 5.02 Å². The van der Waals surface area contributed by atoms with Crippen LogP contribution in [0.15, 0.2) is 36.5 Å². The largest absolute Gasteiger partial charge is 0.379 e. The van der Waals surface area contributed by atoms with Crippen LogP contribution in [-0.4, -0.2) is 9.78 Å². The molecule has 1 aromatic carbocycles. The molecule has 0 bridgehead atoms. The zero-order chi connectivity index (χ0) is 13.0. The van der Waals surface area contributed by atoms with E-state index in [1.54, 1.807) is 0 Å². The van der Waals surface area contributed by atoms with Gasteiger partial charge in [-0.05, 0) is 37.6 Å². The molecule has 2 aromatic rings. The summed E-state index contributed by atoms with van der Waals surface area (Å²) in [7, 11) is 0. The number of nitrogens with one attached hydrogen (secondary N) is 1. The summed E-state index contributed by atoms with van der Waals surface area (Å²) in [6, 6.07) is 10.2. The van der Waals surface area contributed by atoms with Crippen molar-refractivity contribution >= 4 is 17.3 Å². The average molecular weight is 264 g/mol. The van der Waals surface area contributed by atoms with E-state index in [9.17, 15) is 0 Å². The van der Waals surface area contributed by atoms with Crippen molar-refractivity contribution in [1.29, 1.82) is 0 Å². The quantitative estimate of drug-likeness (QED) is 0.879. The van der Waals surface area contributed by atoms with Gasteiger partial charge in [-0.2, -0.15) is 5.10 Å². The lowest BCUT2D eigenvalue weighted by Gasteiger charge is -2.08. The summed E-state index contributed by atoms with van der Waals surface area (Å²) in [5.74, 6) is 0. The molecule has 96 valence electrons. The van der Waals surface area contributed by atoms with E-state index in [-0.39, 0.29) is 0 Å². The van der Waals surface area contributed by atoms with Crippen LogP contribution in [0.25, 0.3) is 0 Å². The van der Waals surface area contributed by atoms with E-state index in [1.165, 1.54) is 0 Å². The highest BCUT2D eigenvalue weighted by molar-refractivity contribution is 6.30. The molecule has 0 aliphatic carbocycles. The van der Waals surface area contributed by atoms with Crippen molar-refractivity contribution in [3.05, 3.63) is 47.2 Å². The summed E-state index contributed by atoms with van der Waals surface area (Å²) in [6.07, 6.45) is 3.12. The summed E-state index contributed by atoms with van der Waals surface area (Å²) < 4.78 is 2.01. The predicted molar refractivity (Wildman–Crippen MR) is 76.0 cm³/mol. The second kappa shape index (κ2) is 5.91. The van der Waals surface area contributed by atoms with Gasteiger partial charge < -0.3 is 5.32 Å². The monoisotopic (exact) mass is 263 g/mol. The van der Waals surface area contributed by atoms with Gasteiger partial charge in [0.25, 0.3) is 0 Å². The first-order valence-electron chi connectivity index (χ1n) is 6.22. The van der Waals surface area contributed by atoms with E-state index < -0.39 is 0 Å². The number of nitrogens with zero attached hydrogens (tertiary/aromatic N) is 2. The molecule has 2 rings (SSSR count). The van der Waals surface area contributed by atoms with Gasteiger partial charge in [0.05, 0.1) is 12.2 Å². The zero-order valence-corrected chi connectivity index (χ0v) is 11.5. The van der Waals surface area contributed by atoms with E-state index in [2.05, 4.69) is 24.3 Å². The number of hydrogen-bond donors (Lipinski definition) is 1. The van der Waals surface area contributed by atoms with Crippen molar-refractivity contribution in [2.75, 3.05) is 5.32 Å². The number of halogens is 1. The fraction of sp³-hybridized carbons (Fsp3) is 0.357. The molecule has 1 atom stereocenters. The molecule has 3 nitrogen and oxygen atoms in total. The molecule has 0 spiro atoms. The maximum absolute atomic E-state index is 5.93. The third kappa shape index (κ3) is 3.26. The Morgan fingerprint density at radius 3 is 2.94 bits per heavy atom. The van der Waals surface area contributed by atoms with Crippen LogP contribution >= 0.6 is 11.6 Å². The lowest BCUT2D eigenvalue weighted by Crippen LogP contribution is -2.06. The van der Waals surface area contributed by atoms with Gasteiger partial charge in [-0.25, -0.2) is 0 Å². The summed E-state index contributed by atoms with van der Waals surface area (Å²) in [4.78, 5) is 0. The molecule has 0 saturated carbocycles. The second-order valence-electron chi connectivity index (χ2n) is 4.41. The smallest absolute Gasteiger partial charge is 0.0815 e. The Kier molecular flexibility index (Phi) is 4.26. The zero-order valence-electron chi connectivity index (χ0n) is 10.7. The summed E-state index contributed by atoms with van der Waals surface area (Å²) in [6.45, 7) is 5.04. The van der Waals surface area contributed by atoms with Gasteiger partial charge in [0.2, 0.25) is 0 Å². The molecular weight excluding hydrogens is 246 g/mol. The highest BCUT2D eigenvalue weighted by Gasteiger charge is 2.04. The molecule has 0 aliphatic rings. The van der Waals surface area contributed by atoms with Gasteiger partial charge in [0.15, 0.2) is 0 Å². The first kappa shape index (κ1) is 13.0. The molecule has 0 fully saturated rings. The Morgan fingerprint density at radius 1 is 1.39 bits per heavy atom. The Bertz CT molecular complexity index is 507. The normalized spacial score (nSPS) is 12.4. The Labute approximate surface area is 113 Å². The van der Waals surface area contributed by atoms with E-state index in [0.717, 1.165) is 22.8 Å². The molecule has 0 amide bonds. The van der Waals surface area contributed by atoms with Crippen molar-refractivity contribution in [3.8, 4) is 0 Å². The van der Waals surface area contributed by atoms with Crippen LogP contribution in [0.1, 0.15) is 32.0 Å². The number of benzene rings is 1. The Morgan fingerprint density at radius 2 is 2.22 bits per heavy atom. The fourth-order valence-electron chi connectivity index (χ4n) is 1.70. The predicted octanol–water partition coefficient (Wildman–Crippen LogP) is 4.12. The summed E-state index contributed by atoms with van der Waals surface area (Å²) in [5, 5.41) is 8.59. The first-order chi connectivity index (χ1) is 8.69. The molecule has 0 aliphatic heterocycles. The van der Waals surface area contributed by atoms with Gasteiger partial charge in [-0.1, -0.05) is 24.6 Å². The second-order valence-corrected chi connectivity index (χ2v) is 4.84. The van der Waals surface area contributed by atoms with Crippen molar-refractivity contribution in [2.45, 2.75) is 32.9 Å². The van der Waals surface area contributed by atoms with Gasteiger partial charge >= 0.3 is 0 Å². The van der Waals surface area contributed by atoms with Crippen LogP contribution in [0.3, 0.4) is 0 Å². The van der Waals surface area contributed by atoms with Crippen LogP contribution in [0.4, 0.5) is 5.69 Å². The van der Waals surface area contributed by atoms with Crippen molar-refractivity contribution < 1.29 is 0 Å². The molecule has 0 radical (unpaired) electrons. The van der Waals surface area contributed by atoms with Crippen LogP contribution in [0, 0.1) is 0 Å². The van der Waals surface area contributed by atoms with Crippen molar-refractivity contribution in [1.82, 2.24) is 9.78 Å². The number of aromatic nitrogens is 2. The van der Waals surface area contributed by atoms with E-state index in [0.29, 0.717) is 12.6 Å². The van der Waals surface area contributed by atoms with Crippen molar-refractivity contribution in [2.24, 2.45) is 0 Å². The average Bonchev–Trinajstić information content (AvgIpc) is 2.84. The van der Waals surface area contributed by atoms with Crippen LogP contribution < -0.4 is 5.32 Å². The SMILES string of the molecule is CCC(C)n1ccc(CNc2cccc(Cl)c2)n1. The molecule has 1 aromatic heterocycles. The first-order valence-corrected chi connectivity index (χ1v) is 6.60. The minimum absolute atomic E-state index is 0.449. The topological polar surface area (TPSA) is 29.9 Å². The molecule has 1 unspecified atom stereocenters.